The van der Waals surface area contributed by atoms with Gasteiger partial charge in [-0.15, -0.1) is 0 Å². The number of carbonyl (C=O) groups is 2. The monoisotopic (exact) mass is 379 g/mol. The van der Waals surface area contributed by atoms with Gasteiger partial charge in [0.1, 0.15) is 11.6 Å². The number of halogens is 2. The van der Waals surface area contributed by atoms with E-state index in [1.807, 2.05) is 0 Å². The Kier molecular flexibility index (Phi) is 5.60. The molecule has 0 heterocycles. The normalized spacial score (nSPS) is 10.8. The first-order valence-electron chi connectivity index (χ1n) is 8.31. The average Bonchev–Trinajstić information content (AvgIpc) is 2.68. The fourth-order valence-electron chi connectivity index (χ4n) is 2.56. The Bertz CT molecular complexity index is 1060. The van der Waals surface area contributed by atoms with Crippen LogP contribution in [0.4, 0.5) is 14.5 Å². The molecule has 140 valence electrons. The summed E-state index contributed by atoms with van der Waals surface area (Å²) in [7, 11) is 0. The van der Waals surface area contributed by atoms with Crippen LogP contribution >= 0.6 is 0 Å². The van der Waals surface area contributed by atoms with Gasteiger partial charge in [-0.05, 0) is 42.0 Å². The van der Waals surface area contributed by atoms with Crippen LogP contribution in [0.5, 0.6) is 0 Å². The molecule has 0 aromatic heterocycles. The van der Waals surface area contributed by atoms with Crippen molar-refractivity contribution >= 4 is 29.7 Å². The smallest absolute Gasteiger partial charge is 0.337 e. The molecule has 0 aliphatic rings. The minimum atomic E-state index is -1.19. The van der Waals surface area contributed by atoms with Crippen molar-refractivity contribution in [2.45, 2.75) is 0 Å². The zero-order chi connectivity index (χ0) is 20.1. The maximum atomic E-state index is 13.7. The Labute approximate surface area is 159 Å². The van der Waals surface area contributed by atoms with Crippen LogP contribution in [0.2, 0.25) is 0 Å². The number of hydrogen-bond acceptors (Lipinski definition) is 2. The van der Waals surface area contributed by atoms with Crippen molar-refractivity contribution in [1.29, 1.82) is 0 Å². The van der Waals surface area contributed by atoms with Crippen LogP contribution in [0.1, 0.15) is 31.8 Å². The molecule has 0 unspecified atom stereocenters. The van der Waals surface area contributed by atoms with Gasteiger partial charge >= 0.3 is 5.97 Å². The number of hydrogen-bond donors (Lipinski definition) is 2. The lowest BCUT2D eigenvalue weighted by Gasteiger charge is -2.10. The average molecular weight is 379 g/mol. The number of rotatable bonds is 5. The summed E-state index contributed by atoms with van der Waals surface area (Å²) in [6.07, 6.45) is 2.98. The number of carboxylic acid groups (broad SMARTS) is 1. The summed E-state index contributed by atoms with van der Waals surface area (Å²) >= 11 is 0. The molecule has 0 atom stereocenters. The van der Waals surface area contributed by atoms with Crippen LogP contribution in [0, 0.1) is 11.6 Å². The van der Waals surface area contributed by atoms with Crippen LogP contribution < -0.4 is 5.32 Å². The van der Waals surface area contributed by atoms with Crippen molar-refractivity contribution in [3.8, 4) is 0 Å². The molecule has 0 spiro atoms. The second-order valence-corrected chi connectivity index (χ2v) is 5.93. The van der Waals surface area contributed by atoms with Crippen molar-refractivity contribution in [1.82, 2.24) is 0 Å². The molecule has 2 N–H and O–H groups in total. The predicted octanol–water partition coefficient (Wildman–Crippen LogP) is 5.09. The van der Waals surface area contributed by atoms with E-state index in [-0.39, 0.29) is 16.8 Å². The van der Waals surface area contributed by atoms with Gasteiger partial charge in [0, 0.05) is 17.2 Å². The minimum Gasteiger partial charge on any atom is -0.478 e. The number of nitrogens with one attached hydrogen (secondary N) is 1. The summed E-state index contributed by atoms with van der Waals surface area (Å²) < 4.78 is 26.7. The van der Waals surface area contributed by atoms with E-state index in [9.17, 15) is 23.5 Å². The standard InChI is InChI=1S/C22H15F2NO3/c23-17-10-9-15(19(24)13-17)8-6-14-7-11-18(22(27)28)20(12-14)25-21(26)16-4-2-1-3-5-16/h1-13H,(H,25,26)(H,27,28). The lowest BCUT2D eigenvalue weighted by molar-refractivity contribution is 0.0698. The molecule has 0 aliphatic carbocycles. The van der Waals surface area contributed by atoms with Gasteiger partial charge in [-0.1, -0.05) is 36.4 Å². The Morgan fingerprint density at radius 2 is 1.64 bits per heavy atom. The molecule has 0 aliphatic heterocycles. The van der Waals surface area contributed by atoms with E-state index in [2.05, 4.69) is 5.32 Å². The van der Waals surface area contributed by atoms with E-state index in [4.69, 9.17) is 0 Å². The first-order chi connectivity index (χ1) is 13.4. The summed E-state index contributed by atoms with van der Waals surface area (Å²) in [4.78, 5) is 23.8. The molecule has 0 radical (unpaired) electrons. The van der Waals surface area contributed by atoms with Crippen LogP contribution in [0.15, 0.2) is 66.7 Å². The highest BCUT2D eigenvalue weighted by Gasteiger charge is 2.14. The molecule has 6 heteroatoms. The van der Waals surface area contributed by atoms with Crippen molar-refractivity contribution in [2.75, 3.05) is 5.32 Å². The Morgan fingerprint density at radius 3 is 2.32 bits per heavy atom. The van der Waals surface area contributed by atoms with Gasteiger partial charge in [0.15, 0.2) is 0 Å². The summed E-state index contributed by atoms with van der Waals surface area (Å²) in [5.74, 6) is -3.03. The molecular formula is C22H15F2NO3. The third kappa shape index (κ3) is 4.48. The van der Waals surface area contributed by atoms with E-state index in [1.165, 1.54) is 30.3 Å². The molecule has 3 rings (SSSR count). The Morgan fingerprint density at radius 1 is 0.893 bits per heavy atom. The van der Waals surface area contributed by atoms with Gasteiger partial charge in [0.25, 0.3) is 5.91 Å². The van der Waals surface area contributed by atoms with Crippen LogP contribution in [0.3, 0.4) is 0 Å². The second kappa shape index (κ2) is 8.26. The maximum absolute atomic E-state index is 13.7. The molecule has 3 aromatic rings. The molecule has 3 aromatic carbocycles. The first-order valence-corrected chi connectivity index (χ1v) is 8.31. The molecule has 0 saturated carbocycles. The van der Waals surface area contributed by atoms with Gasteiger partial charge in [0.05, 0.1) is 11.3 Å². The highest BCUT2D eigenvalue weighted by molar-refractivity contribution is 6.08. The maximum Gasteiger partial charge on any atom is 0.337 e. The number of amides is 1. The molecule has 0 saturated heterocycles. The molecular weight excluding hydrogens is 364 g/mol. The number of benzene rings is 3. The SMILES string of the molecule is O=C(Nc1cc(C=Cc2ccc(F)cc2F)ccc1C(=O)O)c1ccccc1. The minimum absolute atomic E-state index is 0.0746. The topological polar surface area (TPSA) is 66.4 Å². The van der Waals surface area contributed by atoms with Crippen molar-refractivity contribution < 1.29 is 23.5 Å². The highest BCUT2D eigenvalue weighted by atomic mass is 19.1. The summed E-state index contributed by atoms with van der Waals surface area (Å²) in [5, 5.41) is 11.9. The quantitative estimate of drug-likeness (QED) is 0.607. The third-order valence-electron chi connectivity index (χ3n) is 3.98. The van der Waals surface area contributed by atoms with Crippen molar-refractivity contribution in [3.63, 3.8) is 0 Å². The molecule has 28 heavy (non-hydrogen) atoms. The number of anilines is 1. The summed E-state index contributed by atoms with van der Waals surface area (Å²) in [6, 6.07) is 15.9. The molecule has 0 bridgehead atoms. The van der Waals surface area contributed by atoms with Crippen molar-refractivity contribution in [3.05, 3.63) is 101 Å². The lowest BCUT2D eigenvalue weighted by Crippen LogP contribution is -2.14. The number of carboxylic acids is 1. The van der Waals surface area contributed by atoms with E-state index in [0.29, 0.717) is 11.1 Å². The second-order valence-electron chi connectivity index (χ2n) is 5.93. The van der Waals surface area contributed by atoms with Gasteiger partial charge in [-0.25, -0.2) is 13.6 Å². The fourth-order valence-corrected chi connectivity index (χ4v) is 2.56. The van der Waals surface area contributed by atoms with Gasteiger partial charge in [-0.3, -0.25) is 4.79 Å². The van der Waals surface area contributed by atoms with Crippen LogP contribution in [-0.2, 0) is 0 Å². The van der Waals surface area contributed by atoms with Crippen LogP contribution in [-0.4, -0.2) is 17.0 Å². The molecule has 4 nitrogen and oxygen atoms in total. The first kappa shape index (κ1) is 19.0. The van der Waals surface area contributed by atoms with Gasteiger partial charge in [-0.2, -0.15) is 0 Å². The van der Waals surface area contributed by atoms with Crippen LogP contribution in [0.25, 0.3) is 12.2 Å². The van der Waals surface area contributed by atoms with Crippen molar-refractivity contribution in [2.24, 2.45) is 0 Å². The molecule has 0 fully saturated rings. The Balaban J connectivity index is 1.90. The Hall–Kier alpha value is -3.80. The van der Waals surface area contributed by atoms with Gasteiger partial charge in [0.2, 0.25) is 0 Å². The van der Waals surface area contributed by atoms with E-state index >= 15 is 0 Å². The third-order valence-corrected chi connectivity index (χ3v) is 3.98. The fraction of sp³-hybridized carbons (Fsp3) is 0. The summed E-state index contributed by atoms with van der Waals surface area (Å²) in [5.41, 5.74) is 1.14. The predicted molar refractivity (Wildman–Crippen MR) is 103 cm³/mol. The number of carbonyl (C=O) groups excluding carboxylic acids is 1. The lowest BCUT2D eigenvalue weighted by atomic mass is 10.1. The molecule has 1 amide bonds. The van der Waals surface area contributed by atoms with E-state index < -0.39 is 23.5 Å². The van der Waals surface area contributed by atoms with E-state index in [0.717, 1.165) is 12.1 Å². The zero-order valence-corrected chi connectivity index (χ0v) is 14.5. The highest BCUT2D eigenvalue weighted by Crippen LogP contribution is 2.21. The van der Waals surface area contributed by atoms with E-state index in [1.54, 1.807) is 36.4 Å². The largest absolute Gasteiger partial charge is 0.478 e. The van der Waals surface area contributed by atoms with Gasteiger partial charge < -0.3 is 10.4 Å². The summed E-state index contributed by atoms with van der Waals surface area (Å²) in [6.45, 7) is 0. The zero-order valence-electron chi connectivity index (χ0n) is 14.5. The number of aromatic carboxylic acids is 1.